The highest BCUT2D eigenvalue weighted by Gasteiger charge is 2.75. The number of hydrogen-bond donors (Lipinski definition) is 0. The largest absolute Gasteiger partial charge is 0.120 e. The molecule has 4 atom stereocenters. The second kappa shape index (κ2) is 4.41. The van der Waals surface area contributed by atoms with Gasteiger partial charge in [-0.25, -0.2) is 0 Å². The van der Waals surface area contributed by atoms with Crippen molar-refractivity contribution >= 4 is 0 Å². The molecule has 150 valence electrons. The van der Waals surface area contributed by atoms with Gasteiger partial charge in [-0.05, 0) is 110 Å². The zero-order valence-corrected chi connectivity index (χ0v) is 18.6. The molecule has 0 N–H and O–H groups in total. The molecule has 8 fully saturated rings. The number of hydrogen-bond acceptors (Lipinski definition) is 0. The first-order chi connectivity index (χ1) is 12.9. The lowest BCUT2D eigenvalue weighted by molar-refractivity contribution is -0.283. The SMILES string of the molecule is C#CC12CC3(C)CC(C)(C1)CC(C14CC5(C)CC(C)(CC(C#C)(C5)C1)C4)(C3)C2. The van der Waals surface area contributed by atoms with Crippen LogP contribution in [0.5, 0.6) is 0 Å². The summed E-state index contributed by atoms with van der Waals surface area (Å²) >= 11 is 0. The summed E-state index contributed by atoms with van der Waals surface area (Å²) in [4.78, 5) is 0. The van der Waals surface area contributed by atoms with E-state index in [9.17, 15) is 0 Å². The standard InChI is InChI=1S/C28H38/c1-7-25-11-21(3)9-22(4,12-25)16-27(15-21,19-25)28-17-23(5)10-24(6,18-28)14-26(8-2,13-23)20-28/h1-2H,9-20H2,3-6H3. The van der Waals surface area contributed by atoms with Crippen molar-refractivity contribution in [3.8, 4) is 24.7 Å². The average molecular weight is 375 g/mol. The molecule has 0 aromatic heterocycles. The van der Waals surface area contributed by atoms with E-state index >= 15 is 0 Å². The van der Waals surface area contributed by atoms with Crippen LogP contribution >= 0.6 is 0 Å². The van der Waals surface area contributed by atoms with Gasteiger partial charge in [-0.1, -0.05) is 39.5 Å². The summed E-state index contributed by atoms with van der Waals surface area (Å²) in [5.41, 5.74) is 2.98. The van der Waals surface area contributed by atoms with Crippen LogP contribution in [0.2, 0.25) is 0 Å². The summed E-state index contributed by atoms with van der Waals surface area (Å²) < 4.78 is 0. The highest BCUT2D eigenvalue weighted by molar-refractivity contribution is 5.31. The Bertz CT molecular complexity index is 749. The summed E-state index contributed by atoms with van der Waals surface area (Å²) in [7, 11) is 0. The molecular weight excluding hydrogens is 336 g/mol. The quantitative estimate of drug-likeness (QED) is 0.434. The summed E-state index contributed by atoms with van der Waals surface area (Å²) in [5, 5.41) is 0. The van der Waals surface area contributed by atoms with Gasteiger partial charge in [0.25, 0.3) is 0 Å². The zero-order chi connectivity index (χ0) is 19.9. The first-order valence-corrected chi connectivity index (χ1v) is 11.8. The predicted octanol–water partition coefficient (Wildman–Crippen LogP) is 6.99. The average Bonchev–Trinajstić information content (AvgIpc) is 2.48. The minimum Gasteiger partial charge on any atom is -0.120 e. The van der Waals surface area contributed by atoms with Gasteiger partial charge < -0.3 is 0 Å². The highest BCUT2D eigenvalue weighted by atomic mass is 14.8. The van der Waals surface area contributed by atoms with Crippen LogP contribution in [0.1, 0.15) is 105 Å². The van der Waals surface area contributed by atoms with Crippen molar-refractivity contribution in [3.63, 3.8) is 0 Å². The molecule has 8 aliphatic carbocycles. The van der Waals surface area contributed by atoms with Gasteiger partial charge in [-0.15, -0.1) is 12.8 Å². The van der Waals surface area contributed by atoms with Crippen molar-refractivity contribution in [2.75, 3.05) is 0 Å². The molecule has 0 nitrogen and oxygen atoms in total. The molecule has 8 saturated carbocycles. The maximum atomic E-state index is 6.32. The first-order valence-electron chi connectivity index (χ1n) is 11.8. The van der Waals surface area contributed by atoms with Crippen molar-refractivity contribution in [3.05, 3.63) is 0 Å². The second-order valence-corrected chi connectivity index (χ2v) is 14.8. The van der Waals surface area contributed by atoms with Crippen molar-refractivity contribution in [1.29, 1.82) is 0 Å². The molecule has 4 unspecified atom stereocenters. The Balaban J connectivity index is 1.55. The maximum absolute atomic E-state index is 6.32. The van der Waals surface area contributed by atoms with Gasteiger partial charge in [-0.2, -0.15) is 0 Å². The molecule has 0 aromatic carbocycles. The van der Waals surface area contributed by atoms with Gasteiger partial charge in [0, 0.05) is 10.8 Å². The normalized spacial score (nSPS) is 65.9. The fraction of sp³-hybridized carbons (Fsp3) is 0.857. The zero-order valence-electron chi connectivity index (χ0n) is 18.6. The van der Waals surface area contributed by atoms with Gasteiger partial charge in [0.15, 0.2) is 0 Å². The fourth-order valence-electron chi connectivity index (χ4n) is 12.8. The van der Waals surface area contributed by atoms with Gasteiger partial charge in [0.2, 0.25) is 0 Å². The summed E-state index contributed by atoms with van der Waals surface area (Å²) in [6.07, 6.45) is 28.8. The lowest BCUT2D eigenvalue weighted by atomic mass is 9.25. The highest BCUT2D eigenvalue weighted by Crippen LogP contribution is 2.85. The Hall–Kier alpha value is -0.880. The topological polar surface area (TPSA) is 0 Å². The molecule has 8 rings (SSSR count). The Morgan fingerprint density at radius 2 is 0.714 bits per heavy atom. The van der Waals surface area contributed by atoms with E-state index in [2.05, 4.69) is 39.5 Å². The second-order valence-electron chi connectivity index (χ2n) is 14.8. The Morgan fingerprint density at radius 3 is 0.964 bits per heavy atom. The van der Waals surface area contributed by atoms with E-state index in [1.165, 1.54) is 77.0 Å². The molecule has 0 saturated heterocycles. The molecule has 0 radical (unpaired) electrons. The molecular formula is C28H38. The van der Waals surface area contributed by atoms with Crippen molar-refractivity contribution < 1.29 is 0 Å². The van der Waals surface area contributed by atoms with E-state index in [4.69, 9.17) is 12.8 Å². The van der Waals surface area contributed by atoms with Gasteiger partial charge >= 0.3 is 0 Å². The monoisotopic (exact) mass is 374 g/mol. The molecule has 0 heteroatoms. The third-order valence-corrected chi connectivity index (χ3v) is 10.9. The van der Waals surface area contributed by atoms with Crippen LogP contribution in [0.3, 0.4) is 0 Å². The third kappa shape index (κ3) is 1.97. The van der Waals surface area contributed by atoms with Crippen LogP contribution in [-0.4, -0.2) is 0 Å². The summed E-state index contributed by atoms with van der Waals surface area (Å²) in [6.45, 7) is 10.4. The van der Waals surface area contributed by atoms with E-state index in [-0.39, 0.29) is 10.8 Å². The van der Waals surface area contributed by atoms with Crippen molar-refractivity contribution in [2.24, 2.45) is 43.3 Å². The molecule has 0 amide bonds. The summed E-state index contributed by atoms with van der Waals surface area (Å²) in [6, 6.07) is 0. The Kier molecular flexibility index (Phi) is 2.83. The van der Waals surface area contributed by atoms with E-state index in [0.717, 1.165) is 0 Å². The van der Waals surface area contributed by atoms with Crippen LogP contribution < -0.4 is 0 Å². The molecule has 0 heterocycles. The smallest absolute Gasteiger partial charge is 0.0328 e. The minimum atomic E-state index is 0.159. The van der Waals surface area contributed by atoms with Crippen LogP contribution in [0, 0.1) is 68.0 Å². The third-order valence-electron chi connectivity index (χ3n) is 10.9. The first kappa shape index (κ1) is 17.9. The Labute approximate surface area is 173 Å². The van der Waals surface area contributed by atoms with E-state index < -0.39 is 0 Å². The van der Waals surface area contributed by atoms with Crippen LogP contribution in [-0.2, 0) is 0 Å². The number of rotatable bonds is 1. The van der Waals surface area contributed by atoms with Crippen LogP contribution in [0.15, 0.2) is 0 Å². The van der Waals surface area contributed by atoms with E-state index in [0.29, 0.717) is 32.5 Å². The lowest BCUT2D eigenvalue weighted by Gasteiger charge is -2.79. The van der Waals surface area contributed by atoms with Gasteiger partial charge in [-0.3, -0.25) is 0 Å². The maximum Gasteiger partial charge on any atom is 0.0328 e. The lowest BCUT2D eigenvalue weighted by Crippen LogP contribution is -2.70. The summed E-state index contributed by atoms with van der Waals surface area (Å²) in [5.74, 6) is 6.84. The fourth-order valence-corrected chi connectivity index (χ4v) is 12.8. The van der Waals surface area contributed by atoms with Crippen LogP contribution in [0.4, 0.5) is 0 Å². The van der Waals surface area contributed by atoms with Crippen molar-refractivity contribution in [1.82, 2.24) is 0 Å². The molecule has 8 bridgehead atoms. The van der Waals surface area contributed by atoms with Gasteiger partial charge in [0.1, 0.15) is 0 Å². The Morgan fingerprint density at radius 1 is 0.429 bits per heavy atom. The van der Waals surface area contributed by atoms with E-state index in [1.54, 1.807) is 0 Å². The van der Waals surface area contributed by atoms with Gasteiger partial charge in [0.05, 0.1) is 0 Å². The molecule has 0 spiro atoms. The molecule has 28 heavy (non-hydrogen) atoms. The molecule has 8 aliphatic rings. The molecule has 0 aliphatic heterocycles. The predicted molar refractivity (Wildman–Crippen MR) is 115 cm³/mol. The van der Waals surface area contributed by atoms with Crippen molar-refractivity contribution in [2.45, 2.75) is 105 Å². The number of terminal acetylenes is 2. The minimum absolute atomic E-state index is 0.159. The van der Waals surface area contributed by atoms with E-state index in [1.807, 2.05) is 0 Å². The molecule has 0 aromatic rings. The van der Waals surface area contributed by atoms with Crippen LogP contribution in [0.25, 0.3) is 0 Å².